The van der Waals surface area contributed by atoms with E-state index < -0.39 is 11.9 Å². The summed E-state index contributed by atoms with van der Waals surface area (Å²) in [7, 11) is 1.29. The van der Waals surface area contributed by atoms with E-state index >= 15 is 0 Å². The summed E-state index contributed by atoms with van der Waals surface area (Å²) in [4.78, 5) is 24.3. The molecular formula is C14H13N3O3S. The van der Waals surface area contributed by atoms with E-state index in [1.807, 2.05) is 13.0 Å². The number of aryl methyl sites for hydroxylation is 1. The van der Waals surface area contributed by atoms with Crippen LogP contribution in [-0.4, -0.2) is 29.2 Å². The Morgan fingerprint density at radius 2 is 2.19 bits per heavy atom. The molecule has 1 N–H and O–H groups in total. The maximum Gasteiger partial charge on any atom is 0.350 e. The van der Waals surface area contributed by atoms with Crippen LogP contribution in [0.4, 0.5) is 5.69 Å². The third-order valence-electron chi connectivity index (χ3n) is 2.61. The van der Waals surface area contributed by atoms with E-state index in [1.54, 1.807) is 12.3 Å². The first-order valence-electron chi connectivity index (χ1n) is 6.00. The van der Waals surface area contributed by atoms with Gasteiger partial charge in [-0.15, -0.1) is 11.3 Å². The Kier molecular flexibility index (Phi) is 4.44. The minimum absolute atomic E-state index is 0.317. The monoisotopic (exact) mass is 303 g/mol. The average Bonchev–Trinajstić information content (AvgIpc) is 2.90. The summed E-state index contributed by atoms with van der Waals surface area (Å²) in [5.41, 5.74) is 1.97. The molecular weight excluding hydrogens is 290 g/mol. The van der Waals surface area contributed by atoms with Gasteiger partial charge in [-0.3, -0.25) is 4.79 Å². The van der Waals surface area contributed by atoms with Crippen molar-refractivity contribution in [3.63, 3.8) is 0 Å². The number of methoxy groups -OCH3 is 1. The van der Waals surface area contributed by atoms with Crippen LogP contribution in [0, 0.1) is 6.92 Å². The third-order valence-corrected chi connectivity index (χ3v) is 3.77. The predicted octanol–water partition coefficient (Wildman–Crippen LogP) is 2.42. The summed E-state index contributed by atoms with van der Waals surface area (Å²) in [6.07, 6.45) is 2.73. The van der Waals surface area contributed by atoms with Gasteiger partial charge in [-0.25, -0.2) is 4.79 Å². The fourth-order valence-electron chi connectivity index (χ4n) is 1.66. The van der Waals surface area contributed by atoms with Crippen LogP contribution in [0.25, 0.3) is 10.4 Å². The van der Waals surface area contributed by atoms with Crippen molar-refractivity contribution in [2.24, 2.45) is 0 Å². The highest BCUT2D eigenvalue weighted by Crippen LogP contribution is 2.35. The van der Waals surface area contributed by atoms with Crippen molar-refractivity contribution in [3.05, 3.63) is 41.6 Å². The summed E-state index contributed by atoms with van der Waals surface area (Å²) in [5, 5.41) is 10.4. The van der Waals surface area contributed by atoms with Gasteiger partial charge in [0.1, 0.15) is 4.88 Å². The second-order valence-corrected chi connectivity index (χ2v) is 5.18. The van der Waals surface area contributed by atoms with Crippen LogP contribution < -0.4 is 5.32 Å². The number of anilines is 1. The molecule has 108 valence electrons. The van der Waals surface area contributed by atoms with E-state index in [-0.39, 0.29) is 0 Å². The molecule has 0 saturated heterocycles. The van der Waals surface area contributed by atoms with Crippen LogP contribution in [-0.2, 0) is 9.53 Å². The van der Waals surface area contributed by atoms with Crippen LogP contribution in [0.3, 0.4) is 0 Å². The van der Waals surface area contributed by atoms with Crippen molar-refractivity contribution in [1.29, 1.82) is 0 Å². The Morgan fingerprint density at radius 3 is 2.81 bits per heavy atom. The number of thiophene rings is 1. The highest BCUT2D eigenvalue weighted by molar-refractivity contribution is 7.18. The van der Waals surface area contributed by atoms with Gasteiger partial charge in [-0.2, -0.15) is 10.2 Å². The maximum atomic E-state index is 11.8. The number of nitrogens with one attached hydrogen (secondary N) is 1. The van der Waals surface area contributed by atoms with E-state index in [4.69, 9.17) is 4.74 Å². The van der Waals surface area contributed by atoms with Gasteiger partial charge in [0.05, 0.1) is 24.7 Å². The number of rotatable bonds is 4. The van der Waals surface area contributed by atoms with Gasteiger partial charge < -0.3 is 10.1 Å². The SMILES string of the molecule is C=CC(=O)Nc1cc(-c2cnnc(C)c2)sc1C(=O)OC. The lowest BCUT2D eigenvalue weighted by Gasteiger charge is -2.01. The summed E-state index contributed by atoms with van der Waals surface area (Å²) >= 11 is 1.22. The number of carbonyl (C=O) groups excluding carboxylic acids is 2. The van der Waals surface area contributed by atoms with E-state index in [2.05, 4.69) is 22.1 Å². The molecule has 0 aliphatic rings. The van der Waals surface area contributed by atoms with E-state index in [1.165, 1.54) is 18.4 Å². The molecule has 2 rings (SSSR count). The second kappa shape index (κ2) is 6.27. The summed E-state index contributed by atoms with van der Waals surface area (Å²) in [5.74, 6) is -0.905. The van der Waals surface area contributed by atoms with Gasteiger partial charge in [0.25, 0.3) is 0 Å². The van der Waals surface area contributed by atoms with Crippen molar-refractivity contribution in [2.45, 2.75) is 6.92 Å². The van der Waals surface area contributed by atoms with Crippen LogP contribution >= 0.6 is 11.3 Å². The van der Waals surface area contributed by atoms with Crippen molar-refractivity contribution in [1.82, 2.24) is 10.2 Å². The van der Waals surface area contributed by atoms with Gasteiger partial charge >= 0.3 is 5.97 Å². The fourth-order valence-corrected chi connectivity index (χ4v) is 2.68. The molecule has 0 saturated carbocycles. The molecule has 2 heterocycles. The van der Waals surface area contributed by atoms with Gasteiger partial charge in [-0.1, -0.05) is 6.58 Å². The van der Waals surface area contributed by atoms with E-state index in [9.17, 15) is 9.59 Å². The molecule has 21 heavy (non-hydrogen) atoms. The zero-order valence-corrected chi connectivity index (χ0v) is 12.4. The number of nitrogens with zero attached hydrogens (tertiary/aromatic N) is 2. The topological polar surface area (TPSA) is 81.2 Å². The minimum atomic E-state index is -0.510. The third kappa shape index (κ3) is 3.32. The number of ether oxygens (including phenoxy) is 1. The lowest BCUT2D eigenvalue weighted by atomic mass is 10.2. The smallest absolute Gasteiger partial charge is 0.350 e. The first kappa shape index (κ1) is 14.9. The lowest BCUT2D eigenvalue weighted by molar-refractivity contribution is -0.111. The Bertz CT molecular complexity index is 709. The van der Waals surface area contributed by atoms with Crippen LogP contribution in [0.5, 0.6) is 0 Å². The van der Waals surface area contributed by atoms with Gasteiger partial charge in [0.15, 0.2) is 0 Å². The average molecular weight is 303 g/mol. The fraction of sp³-hybridized carbons (Fsp3) is 0.143. The Hall–Kier alpha value is -2.54. The second-order valence-electron chi connectivity index (χ2n) is 4.12. The molecule has 0 aliphatic carbocycles. The van der Waals surface area contributed by atoms with E-state index in [0.717, 1.165) is 22.2 Å². The molecule has 1 amide bonds. The number of esters is 1. The molecule has 0 radical (unpaired) electrons. The van der Waals surface area contributed by atoms with Gasteiger partial charge in [0, 0.05) is 10.4 Å². The maximum absolute atomic E-state index is 11.8. The first-order chi connectivity index (χ1) is 10.0. The van der Waals surface area contributed by atoms with Crippen molar-refractivity contribution < 1.29 is 14.3 Å². The predicted molar refractivity (Wildman–Crippen MR) is 80.2 cm³/mol. The van der Waals surface area contributed by atoms with Gasteiger partial charge in [0.2, 0.25) is 5.91 Å². The standard InChI is InChI=1S/C14H13N3O3S/c1-4-12(18)16-10-6-11(21-13(10)14(19)20-3)9-5-8(2)17-15-7-9/h4-7H,1H2,2-3H3,(H,16,18). The molecule has 0 atom stereocenters. The number of hydrogen-bond donors (Lipinski definition) is 1. The normalized spacial score (nSPS) is 10.0. The number of amides is 1. The molecule has 0 aromatic carbocycles. The largest absolute Gasteiger partial charge is 0.465 e. The number of aromatic nitrogens is 2. The summed E-state index contributed by atoms with van der Waals surface area (Å²) in [6, 6.07) is 3.55. The van der Waals surface area contributed by atoms with Gasteiger partial charge in [-0.05, 0) is 25.1 Å². The quantitative estimate of drug-likeness (QED) is 0.693. The minimum Gasteiger partial charge on any atom is -0.465 e. The molecule has 0 fully saturated rings. The number of carbonyl (C=O) groups is 2. The highest BCUT2D eigenvalue weighted by atomic mass is 32.1. The molecule has 0 bridgehead atoms. The molecule has 2 aromatic rings. The van der Waals surface area contributed by atoms with Crippen LogP contribution in [0.2, 0.25) is 0 Å². The summed E-state index contributed by atoms with van der Waals surface area (Å²) in [6.45, 7) is 5.21. The Labute approximate surface area is 125 Å². The number of hydrogen-bond acceptors (Lipinski definition) is 6. The zero-order valence-electron chi connectivity index (χ0n) is 11.5. The Morgan fingerprint density at radius 1 is 1.43 bits per heavy atom. The molecule has 7 heteroatoms. The van der Waals surface area contributed by atoms with Crippen molar-refractivity contribution in [2.75, 3.05) is 12.4 Å². The van der Waals surface area contributed by atoms with Crippen molar-refractivity contribution >= 4 is 28.9 Å². The first-order valence-corrected chi connectivity index (χ1v) is 6.82. The van der Waals surface area contributed by atoms with Crippen LogP contribution in [0.1, 0.15) is 15.4 Å². The molecule has 2 aromatic heterocycles. The van der Waals surface area contributed by atoms with Crippen molar-refractivity contribution in [3.8, 4) is 10.4 Å². The van der Waals surface area contributed by atoms with Crippen LogP contribution in [0.15, 0.2) is 31.0 Å². The molecule has 0 aliphatic heterocycles. The molecule has 0 unspecified atom stereocenters. The summed E-state index contributed by atoms with van der Waals surface area (Å²) < 4.78 is 4.73. The molecule has 6 nitrogen and oxygen atoms in total. The highest BCUT2D eigenvalue weighted by Gasteiger charge is 2.19. The molecule has 0 spiro atoms. The zero-order chi connectivity index (χ0) is 15.4. The Balaban J connectivity index is 2.47. The lowest BCUT2D eigenvalue weighted by Crippen LogP contribution is -2.10. The van der Waals surface area contributed by atoms with E-state index in [0.29, 0.717) is 10.6 Å².